The average molecular weight is 487 g/mol. The summed E-state index contributed by atoms with van der Waals surface area (Å²) in [5, 5.41) is 0.698. The van der Waals surface area contributed by atoms with Crippen molar-refractivity contribution >= 4 is 43.6 Å². The Hall–Kier alpha value is -4.04. The summed E-state index contributed by atoms with van der Waals surface area (Å²) >= 11 is 1.27. The van der Waals surface area contributed by atoms with Gasteiger partial charge in [0.2, 0.25) is 5.76 Å². The molecule has 0 spiro atoms. The molecular weight excluding hydrogens is 467 g/mol. The van der Waals surface area contributed by atoms with Gasteiger partial charge in [-0.2, -0.15) is 0 Å². The lowest BCUT2D eigenvalue weighted by atomic mass is 9.98. The molecule has 0 unspecified atom stereocenters. The summed E-state index contributed by atoms with van der Waals surface area (Å²) in [7, 11) is 0. The molecule has 0 saturated heterocycles. The molecular formula is C27H19FN2O4S. The second-order valence-electron chi connectivity index (χ2n) is 8.33. The Morgan fingerprint density at radius 1 is 1.11 bits per heavy atom. The highest BCUT2D eigenvalue weighted by Crippen LogP contribution is 2.44. The first-order valence-corrected chi connectivity index (χ1v) is 12.0. The summed E-state index contributed by atoms with van der Waals surface area (Å²) in [6.45, 7) is 4.29. The molecule has 3 heterocycles. The fourth-order valence-corrected chi connectivity index (χ4v) is 5.55. The zero-order valence-electron chi connectivity index (χ0n) is 18.9. The summed E-state index contributed by atoms with van der Waals surface area (Å²) in [5.41, 5.74) is 1.83. The van der Waals surface area contributed by atoms with Crippen molar-refractivity contribution in [3.8, 4) is 5.75 Å². The third kappa shape index (κ3) is 3.32. The van der Waals surface area contributed by atoms with E-state index >= 15 is 4.39 Å². The SMILES string of the molecule is CCOc1ccc2nc(N3C(=O)c4oc5ccc(C)cc5c(=O)c4[C@@H]3c3ccccc3F)sc2c1. The van der Waals surface area contributed by atoms with Gasteiger partial charge in [0, 0.05) is 5.56 Å². The van der Waals surface area contributed by atoms with Crippen molar-refractivity contribution in [2.24, 2.45) is 0 Å². The van der Waals surface area contributed by atoms with Crippen LogP contribution in [0.25, 0.3) is 21.2 Å². The third-order valence-electron chi connectivity index (χ3n) is 6.09. The average Bonchev–Trinajstić information content (AvgIpc) is 3.38. The molecule has 6 rings (SSSR count). The fraction of sp³-hybridized carbons (Fsp3) is 0.148. The fourth-order valence-electron chi connectivity index (χ4n) is 4.53. The molecule has 35 heavy (non-hydrogen) atoms. The predicted octanol–water partition coefficient (Wildman–Crippen LogP) is 6.00. The van der Waals surface area contributed by atoms with Gasteiger partial charge in [-0.3, -0.25) is 14.5 Å². The molecule has 174 valence electrons. The van der Waals surface area contributed by atoms with Gasteiger partial charge in [-0.1, -0.05) is 41.2 Å². The van der Waals surface area contributed by atoms with E-state index in [-0.39, 0.29) is 22.3 Å². The van der Waals surface area contributed by atoms with Crippen LogP contribution in [0, 0.1) is 12.7 Å². The highest BCUT2D eigenvalue weighted by molar-refractivity contribution is 7.22. The van der Waals surface area contributed by atoms with Crippen LogP contribution in [-0.2, 0) is 0 Å². The molecule has 0 fully saturated rings. The number of hydrogen-bond acceptors (Lipinski definition) is 6. The van der Waals surface area contributed by atoms with Crippen LogP contribution in [0.3, 0.4) is 0 Å². The van der Waals surface area contributed by atoms with E-state index in [0.717, 1.165) is 10.3 Å². The summed E-state index contributed by atoms with van der Waals surface area (Å²) in [4.78, 5) is 33.4. The van der Waals surface area contributed by atoms with Gasteiger partial charge in [-0.05, 0) is 50.2 Å². The number of thiazole rings is 1. The number of aromatic nitrogens is 1. The molecule has 3 aromatic carbocycles. The molecule has 1 aliphatic rings. The molecule has 6 nitrogen and oxygen atoms in total. The largest absolute Gasteiger partial charge is 0.494 e. The summed E-state index contributed by atoms with van der Waals surface area (Å²) < 4.78 is 27.5. The van der Waals surface area contributed by atoms with Gasteiger partial charge in [0.1, 0.15) is 23.2 Å². The molecule has 0 bridgehead atoms. The topological polar surface area (TPSA) is 72.6 Å². The number of aryl methyl sites for hydroxylation is 1. The summed E-state index contributed by atoms with van der Waals surface area (Å²) in [6, 6.07) is 15.8. The Kier molecular flexibility index (Phi) is 4.93. The minimum atomic E-state index is -1.01. The Morgan fingerprint density at radius 2 is 1.94 bits per heavy atom. The van der Waals surface area contributed by atoms with E-state index in [1.807, 2.05) is 38.1 Å². The van der Waals surface area contributed by atoms with E-state index in [2.05, 4.69) is 4.98 Å². The number of rotatable bonds is 4. The summed E-state index contributed by atoms with van der Waals surface area (Å²) in [5.74, 6) is -0.451. The molecule has 2 aromatic heterocycles. The van der Waals surface area contributed by atoms with Crippen LogP contribution < -0.4 is 15.1 Å². The monoisotopic (exact) mass is 486 g/mol. The zero-order valence-corrected chi connectivity index (χ0v) is 19.7. The lowest BCUT2D eigenvalue weighted by Gasteiger charge is -2.22. The van der Waals surface area contributed by atoms with Gasteiger partial charge in [0.05, 0.1) is 27.8 Å². The first kappa shape index (κ1) is 21.5. The predicted molar refractivity (Wildman–Crippen MR) is 133 cm³/mol. The number of nitrogens with zero attached hydrogens (tertiary/aromatic N) is 2. The quantitative estimate of drug-likeness (QED) is 0.312. The number of anilines is 1. The van der Waals surface area contributed by atoms with Gasteiger partial charge in [-0.15, -0.1) is 0 Å². The normalized spacial score (nSPS) is 15.2. The van der Waals surface area contributed by atoms with E-state index in [4.69, 9.17) is 9.15 Å². The van der Waals surface area contributed by atoms with Crippen molar-refractivity contribution in [1.82, 2.24) is 4.98 Å². The van der Waals surface area contributed by atoms with Crippen LogP contribution in [0.5, 0.6) is 5.75 Å². The van der Waals surface area contributed by atoms with E-state index in [9.17, 15) is 9.59 Å². The van der Waals surface area contributed by atoms with Crippen molar-refractivity contribution < 1.29 is 18.3 Å². The van der Waals surface area contributed by atoms with E-state index in [1.165, 1.54) is 22.3 Å². The van der Waals surface area contributed by atoms with E-state index < -0.39 is 17.8 Å². The number of benzene rings is 3. The van der Waals surface area contributed by atoms with Gasteiger partial charge in [-0.25, -0.2) is 9.37 Å². The Labute approximate surface area is 203 Å². The molecule has 1 aliphatic heterocycles. The van der Waals surface area contributed by atoms with Crippen LogP contribution in [0.2, 0.25) is 0 Å². The van der Waals surface area contributed by atoms with Crippen molar-refractivity contribution in [3.63, 3.8) is 0 Å². The van der Waals surface area contributed by atoms with Gasteiger partial charge in [0.15, 0.2) is 10.6 Å². The van der Waals surface area contributed by atoms with Gasteiger partial charge >= 0.3 is 0 Å². The second kappa shape index (κ2) is 8.02. The van der Waals surface area contributed by atoms with Gasteiger partial charge in [0.25, 0.3) is 5.91 Å². The van der Waals surface area contributed by atoms with Crippen molar-refractivity contribution in [2.45, 2.75) is 19.9 Å². The molecule has 0 radical (unpaired) electrons. The van der Waals surface area contributed by atoms with Crippen LogP contribution in [0.1, 0.15) is 40.2 Å². The van der Waals surface area contributed by atoms with Crippen LogP contribution >= 0.6 is 11.3 Å². The number of carbonyl (C=O) groups excluding carboxylic acids is 1. The Morgan fingerprint density at radius 3 is 2.74 bits per heavy atom. The molecule has 0 aliphatic carbocycles. The first-order valence-electron chi connectivity index (χ1n) is 11.1. The lowest BCUT2D eigenvalue weighted by molar-refractivity contribution is 0.0971. The highest BCUT2D eigenvalue weighted by atomic mass is 32.1. The molecule has 0 saturated carbocycles. The number of hydrogen-bond donors (Lipinski definition) is 0. The Balaban J connectivity index is 1.61. The maximum atomic E-state index is 15.1. The molecule has 0 N–H and O–H groups in total. The van der Waals surface area contributed by atoms with Crippen LogP contribution in [0.4, 0.5) is 9.52 Å². The van der Waals surface area contributed by atoms with E-state index in [0.29, 0.717) is 34.0 Å². The maximum absolute atomic E-state index is 15.1. The summed E-state index contributed by atoms with van der Waals surface area (Å²) in [6.07, 6.45) is 0. The number of ether oxygens (including phenoxy) is 1. The van der Waals surface area contributed by atoms with Crippen molar-refractivity contribution in [3.05, 3.63) is 99.2 Å². The van der Waals surface area contributed by atoms with Crippen molar-refractivity contribution in [1.29, 1.82) is 0 Å². The number of fused-ring (bicyclic) bond motifs is 3. The molecule has 1 atom stereocenters. The van der Waals surface area contributed by atoms with E-state index in [1.54, 1.807) is 30.3 Å². The standard InChI is InChI=1S/C27H19FN2O4S/c1-3-33-15-9-10-19-21(13-15)35-27(29-19)30-23(16-6-4-5-7-18(16)28)22-24(31)17-12-14(2)8-11-20(17)34-25(22)26(30)32/h4-13,23H,3H2,1-2H3/t23-/m0/s1. The molecule has 1 amide bonds. The van der Waals surface area contributed by atoms with Crippen LogP contribution in [-0.4, -0.2) is 17.5 Å². The van der Waals surface area contributed by atoms with Crippen molar-refractivity contribution in [2.75, 3.05) is 11.5 Å². The second-order valence-corrected chi connectivity index (χ2v) is 9.34. The third-order valence-corrected chi connectivity index (χ3v) is 7.11. The number of carbonyl (C=O) groups is 1. The zero-order chi connectivity index (χ0) is 24.3. The van der Waals surface area contributed by atoms with Crippen LogP contribution in [0.15, 0.2) is 69.9 Å². The molecule has 8 heteroatoms. The minimum Gasteiger partial charge on any atom is -0.494 e. The number of halogens is 1. The smallest absolute Gasteiger partial charge is 0.297 e. The maximum Gasteiger partial charge on any atom is 0.297 e. The van der Waals surface area contributed by atoms with Gasteiger partial charge < -0.3 is 9.15 Å². The number of amides is 1. The first-order chi connectivity index (χ1) is 17.0. The highest BCUT2D eigenvalue weighted by Gasteiger charge is 2.45. The molecule has 5 aromatic rings. The lowest BCUT2D eigenvalue weighted by Crippen LogP contribution is -2.30. The Bertz CT molecular complexity index is 1710. The minimum absolute atomic E-state index is 0.0890.